The van der Waals surface area contributed by atoms with Gasteiger partial charge in [0, 0.05) is 39.3 Å². The van der Waals surface area contributed by atoms with Crippen LogP contribution in [0.1, 0.15) is 17.5 Å². The molecule has 2 heterocycles. The second kappa shape index (κ2) is 7.11. The van der Waals surface area contributed by atoms with Gasteiger partial charge in [-0.25, -0.2) is 0 Å². The Morgan fingerprint density at radius 2 is 1.96 bits per heavy atom. The van der Waals surface area contributed by atoms with Crippen molar-refractivity contribution in [2.75, 3.05) is 39.4 Å². The molecule has 132 valence electrons. The molecule has 0 radical (unpaired) electrons. The minimum atomic E-state index is -4.32. The smallest absolute Gasteiger partial charge is 0.381 e. The Bertz CT molecular complexity index is 577. The van der Waals surface area contributed by atoms with Gasteiger partial charge in [0.1, 0.15) is 0 Å². The number of alkyl halides is 3. The summed E-state index contributed by atoms with van der Waals surface area (Å²) >= 11 is 0. The van der Waals surface area contributed by atoms with Crippen molar-refractivity contribution in [2.24, 2.45) is 5.92 Å². The number of hydrogen-bond acceptors (Lipinski definition) is 3. The molecule has 2 saturated heterocycles. The summed E-state index contributed by atoms with van der Waals surface area (Å²) in [6, 6.07) is 5.44. The molecule has 0 N–H and O–H groups in total. The van der Waals surface area contributed by atoms with Gasteiger partial charge in [-0.15, -0.1) is 0 Å². The standard InChI is InChI=1S/C17H21F3N2O2/c18-17(19,20)15-3-1-2-13(10-15)11-21-5-7-22(8-6-21)16(23)14-4-9-24-12-14/h1-3,10,14H,4-9,11-12H2. The molecule has 0 aromatic heterocycles. The van der Waals surface area contributed by atoms with Crippen LogP contribution in [0.5, 0.6) is 0 Å². The maximum Gasteiger partial charge on any atom is 0.416 e. The number of rotatable bonds is 3. The Hall–Kier alpha value is -1.60. The summed E-state index contributed by atoms with van der Waals surface area (Å²) < 4.78 is 43.6. The average Bonchev–Trinajstić information content (AvgIpc) is 3.09. The molecule has 3 rings (SSSR count). The number of carbonyl (C=O) groups excluding carboxylic acids is 1. The molecule has 0 aliphatic carbocycles. The molecule has 0 spiro atoms. The highest BCUT2D eigenvalue weighted by Crippen LogP contribution is 2.29. The zero-order valence-corrected chi connectivity index (χ0v) is 13.4. The van der Waals surface area contributed by atoms with Crippen molar-refractivity contribution in [1.29, 1.82) is 0 Å². The van der Waals surface area contributed by atoms with Crippen LogP contribution in [0, 0.1) is 5.92 Å². The second-order valence-electron chi connectivity index (χ2n) is 6.36. The summed E-state index contributed by atoms with van der Waals surface area (Å²) in [6.45, 7) is 4.21. The van der Waals surface area contributed by atoms with Crippen LogP contribution in [0.4, 0.5) is 13.2 Å². The SMILES string of the molecule is O=C(C1CCOC1)N1CCN(Cc2cccc(C(F)(F)F)c2)CC1. The van der Waals surface area contributed by atoms with Crippen molar-refractivity contribution >= 4 is 5.91 Å². The quantitative estimate of drug-likeness (QED) is 0.846. The highest BCUT2D eigenvalue weighted by molar-refractivity contribution is 5.79. The van der Waals surface area contributed by atoms with Gasteiger partial charge in [0.05, 0.1) is 18.1 Å². The molecule has 1 aromatic carbocycles. The number of halogens is 3. The normalized spacial score (nSPS) is 22.8. The van der Waals surface area contributed by atoms with Crippen molar-refractivity contribution in [3.8, 4) is 0 Å². The van der Waals surface area contributed by atoms with Gasteiger partial charge in [-0.3, -0.25) is 9.69 Å². The van der Waals surface area contributed by atoms with Gasteiger partial charge in [-0.2, -0.15) is 13.2 Å². The first-order valence-electron chi connectivity index (χ1n) is 8.18. The number of piperazine rings is 1. The highest BCUT2D eigenvalue weighted by Gasteiger charge is 2.31. The van der Waals surface area contributed by atoms with E-state index in [0.29, 0.717) is 51.5 Å². The minimum absolute atomic E-state index is 0.0278. The van der Waals surface area contributed by atoms with Gasteiger partial charge in [-0.05, 0) is 18.1 Å². The topological polar surface area (TPSA) is 32.8 Å². The van der Waals surface area contributed by atoms with Crippen LogP contribution in [0.2, 0.25) is 0 Å². The van der Waals surface area contributed by atoms with E-state index in [4.69, 9.17) is 4.74 Å². The summed E-state index contributed by atoms with van der Waals surface area (Å²) in [7, 11) is 0. The Morgan fingerprint density at radius 1 is 1.21 bits per heavy atom. The van der Waals surface area contributed by atoms with Crippen LogP contribution in [0.3, 0.4) is 0 Å². The van der Waals surface area contributed by atoms with Gasteiger partial charge >= 0.3 is 6.18 Å². The van der Waals surface area contributed by atoms with Crippen LogP contribution >= 0.6 is 0 Å². The van der Waals surface area contributed by atoms with E-state index in [1.54, 1.807) is 6.07 Å². The lowest BCUT2D eigenvalue weighted by molar-refractivity contribution is -0.138. The summed E-state index contributed by atoms with van der Waals surface area (Å²) in [5.74, 6) is 0.117. The summed E-state index contributed by atoms with van der Waals surface area (Å²) in [6.07, 6.45) is -3.53. The van der Waals surface area contributed by atoms with E-state index >= 15 is 0 Å². The van der Waals surface area contributed by atoms with Crippen molar-refractivity contribution in [3.05, 3.63) is 35.4 Å². The fraction of sp³-hybridized carbons (Fsp3) is 0.588. The first kappa shape index (κ1) is 17.2. The lowest BCUT2D eigenvalue weighted by Crippen LogP contribution is -2.50. The lowest BCUT2D eigenvalue weighted by Gasteiger charge is -2.35. The van der Waals surface area contributed by atoms with E-state index in [1.807, 2.05) is 4.90 Å². The van der Waals surface area contributed by atoms with Crippen LogP contribution in [0.25, 0.3) is 0 Å². The van der Waals surface area contributed by atoms with Crippen molar-refractivity contribution in [3.63, 3.8) is 0 Å². The summed E-state index contributed by atoms with van der Waals surface area (Å²) in [4.78, 5) is 16.3. The van der Waals surface area contributed by atoms with E-state index in [-0.39, 0.29) is 11.8 Å². The van der Waals surface area contributed by atoms with Crippen molar-refractivity contribution < 1.29 is 22.7 Å². The van der Waals surface area contributed by atoms with Crippen molar-refractivity contribution in [1.82, 2.24) is 9.80 Å². The molecular weight excluding hydrogens is 321 g/mol. The molecule has 1 amide bonds. The number of ether oxygens (including phenoxy) is 1. The molecule has 0 bridgehead atoms. The molecule has 1 unspecified atom stereocenters. The fourth-order valence-corrected chi connectivity index (χ4v) is 3.22. The third-order valence-electron chi connectivity index (χ3n) is 4.62. The molecule has 2 aliphatic heterocycles. The molecule has 24 heavy (non-hydrogen) atoms. The molecule has 1 aromatic rings. The zero-order chi connectivity index (χ0) is 17.2. The van der Waals surface area contributed by atoms with Gasteiger partial charge < -0.3 is 9.64 Å². The van der Waals surface area contributed by atoms with Gasteiger partial charge in [0.2, 0.25) is 5.91 Å². The fourth-order valence-electron chi connectivity index (χ4n) is 3.22. The minimum Gasteiger partial charge on any atom is -0.381 e. The van der Waals surface area contributed by atoms with Gasteiger partial charge in [-0.1, -0.05) is 18.2 Å². The predicted octanol–water partition coefficient (Wildman–Crippen LogP) is 2.39. The first-order valence-corrected chi connectivity index (χ1v) is 8.18. The highest BCUT2D eigenvalue weighted by atomic mass is 19.4. The largest absolute Gasteiger partial charge is 0.416 e. The van der Waals surface area contributed by atoms with Crippen LogP contribution < -0.4 is 0 Å². The summed E-state index contributed by atoms with van der Waals surface area (Å²) in [5.41, 5.74) is 0.0313. The monoisotopic (exact) mass is 342 g/mol. The average molecular weight is 342 g/mol. The molecule has 0 saturated carbocycles. The zero-order valence-electron chi connectivity index (χ0n) is 13.4. The maximum atomic E-state index is 12.8. The Labute approximate surface area is 139 Å². The Kier molecular flexibility index (Phi) is 5.10. The van der Waals surface area contributed by atoms with Gasteiger partial charge in [0.15, 0.2) is 0 Å². The maximum absolute atomic E-state index is 12.8. The number of benzene rings is 1. The molecule has 4 nitrogen and oxygen atoms in total. The van der Waals surface area contributed by atoms with Crippen LogP contribution in [-0.2, 0) is 22.3 Å². The second-order valence-corrected chi connectivity index (χ2v) is 6.36. The molecule has 7 heteroatoms. The summed E-state index contributed by atoms with van der Waals surface area (Å²) in [5, 5.41) is 0. The van der Waals surface area contributed by atoms with E-state index < -0.39 is 11.7 Å². The van der Waals surface area contributed by atoms with E-state index in [2.05, 4.69) is 4.90 Å². The first-order chi connectivity index (χ1) is 11.4. The molecule has 1 atom stereocenters. The van der Waals surface area contributed by atoms with Gasteiger partial charge in [0.25, 0.3) is 0 Å². The third kappa shape index (κ3) is 4.08. The van der Waals surface area contributed by atoms with Crippen LogP contribution in [-0.4, -0.2) is 55.1 Å². The van der Waals surface area contributed by atoms with Crippen molar-refractivity contribution in [2.45, 2.75) is 19.1 Å². The number of amides is 1. The Morgan fingerprint density at radius 3 is 2.58 bits per heavy atom. The third-order valence-corrected chi connectivity index (χ3v) is 4.62. The Balaban J connectivity index is 1.53. The molecule has 2 fully saturated rings. The van der Waals surface area contributed by atoms with E-state index in [1.165, 1.54) is 12.1 Å². The lowest BCUT2D eigenvalue weighted by atomic mass is 10.1. The molecule has 2 aliphatic rings. The van der Waals surface area contributed by atoms with Crippen LogP contribution in [0.15, 0.2) is 24.3 Å². The number of hydrogen-bond donors (Lipinski definition) is 0. The number of nitrogens with zero attached hydrogens (tertiary/aromatic N) is 2. The van der Waals surface area contributed by atoms with E-state index in [9.17, 15) is 18.0 Å². The number of carbonyl (C=O) groups is 1. The molecular formula is C17H21F3N2O2. The predicted molar refractivity (Wildman–Crippen MR) is 82.2 cm³/mol. The van der Waals surface area contributed by atoms with E-state index in [0.717, 1.165) is 12.5 Å².